The summed E-state index contributed by atoms with van der Waals surface area (Å²) in [5.41, 5.74) is 5.75. The summed E-state index contributed by atoms with van der Waals surface area (Å²) in [6.07, 6.45) is 0. The molecule has 114 valence electrons. The molecular weight excluding hydrogens is 414 g/mol. The fraction of sp³-hybridized carbons (Fsp3) is 0.800. The van der Waals surface area contributed by atoms with Crippen LogP contribution in [0.15, 0.2) is 0 Å². The number of alkyl halides is 4. The molecule has 1 amide bonds. The van der Waals surface area contributed by atoms with Gasteiger partial charge in [-0.25, -0.2) is 4.79 Å². The van der Waals surface area contributed by atoms with Gasteiger partial charge in [0.15, 0.2) is 0 Å². The second-order valence-corrected chi connectivity index (χ2v) is 9.58. The lowest BCUT2D eigenvalue weighted by Gasteiger charge is -2.42. The lowest BCUT2D eigenvalue weighted by Crippen LogP contribution is -2.69. The fourth-order valence-corrected chi connectivity index (χ4v) is 4.67. The summed E-state index contributed by atoms with van der Waals surface area (Å²) >= 11 is 21.5. The molecule has 0 saturated carbocycles. The minimum Gasteiger partial charge on any atom is -0.460 e. The van der Waals surface area contributed by atoms with Crippen LogP contribution in [0.4, 0.5) is 0 Å². The van der Waals surface area contributed by atoms with E-state index in [1.165, 1.54) is 16.7 Å². The number of carbonyl (C=O) groups is 2. The number of esters is 1. The molecule has 0 aromatic carbocycles. The molecule has 5 nitrogen and oxygen atoms in total. The second-order valence-electron chi connectivity index (χ2n) is 4.85. The average molecular weight is 427 g/mol. The minimum atomic E-state index is -1.68. The van der Waals surface area contributed by atoms with Crippen molar-refractivity contribution in [2.45, 2.75) is 32.9 Å². The number of amides is 1. The Kier molecular flexibility index (Phi) is 4.80. The summed E-state index contributed by atoms with van der Waals surface area (Å²) in [6.45, 7) is 1.50. The zero-order valence-corrected chi connectivity index (χ0v) is 15.0. The van der Waals surface area contributed by atoms with Crippen molar-refractivity contribution in [2.75, 3.05) is 11.9 Å². The average Bonchev–Trinajstić information content (AvgIpc) is 2.66. The molecule has 2 aliphatic rings. The number of nitrogens with zero attached hydrogens (tertiary/aromatic N) is 1. The molecule has 2 heterocycles. The monoisotopic (exact) mass is 424 g/mol. The Bertz CT molecular complexity index is 450. The Hall–Kier alpha value is 0.600. The van der Waals surface area contributed by atoms with Gasteiger partial charge in [-0.3, -0.25) is 4.79 Å². The molecule has 0 aromatic rings. The van der Waals surface area contributed by atoms with Crippen LogP contribution in [0.1, 0.15) is 6.92 Å². The number of nitrogens with two attached hydrogens (primary N) is 1. The van der Waals surface area contributed by atoms with Crippen LogP contribution in [0.2, 0.25) is 0 Å². The topological polar surface area (TPSA) is 72.6 Å². The van der Waals surface area contributed by atoms with Gasteiger partial charge < -0.3 is 15.4 Å². The summed E-state index contributed by atoms with van der Waals surface area (Å²) in [5, 5.41) is 0.293. The van der Waals surface area contributed by atoms with E-state index in [2.05, 4.69) is 15.9 Å². The number of carbonyl (C=O) groups excluding carboxylic acids is 2. The van der Waals surface area contributed by atoms with Crippen LogP contribution in [-0.4, -0.2) is 54.7 Å². The van der Waals surface area contributed by atoms with Gasteiger partial charge in [0.2, 0.25) is 9.70 Å². The SMILES string of the molecule is CC1(CBr)S[C@@H]2C(N)C(=O)N2C1C(=O)OCC(Cl)(Cl)Cl. The maximum Gasteiger partial charge on any atom is 0.330 e. The number of halogens is 4. The van der Waals surface area contributed by atoms with E-state index in [1.54, 1.807) is 0 Å². The van der Waals surface area contributed by atoms with Crippen LogP contribution in [0, 0.1) is 0 Å². The van der Waals surface area contributed by atoms with E-state index in [4.69, 9.17) is 45.3 Å². The first-order valence-corrected chi connectivity index (χ1v) is 8.79. The number of ether oxygens (including phenoxy) is 1. The predicted octanol–water partition coefficient (Wildman–Crippen LogP) is 1.66. The van der Waals surface area contributed by atoms with Crippen molar-refractivity contribution in [3.8, 4) is 0 Å². The number of β-lactam (4-membered cyclic amide) rings is 1. The number of hydrogen-bond donors (Lipinski definition) is 1. The van der Waals surface area contributed by atoms with Crippen molar-refractivity contribution < 1.29 is 14.3 Å². The molecule has 0 bridgehead atoms. The van der Waals surface area contributed by atoms with Crippen LogP contribution < -0.4 is 5.73 Å². The molecule has 2 rings (SSSR count). The first-order valence-electron chi connectivity index (χ1n) is 5.65. The first-order chi connectivity index (χ1) is 9.10. The molecule has 2 aliphatic heterocycles. The molecule has 2 saturated heterocycles. The van der Waals surface area contributed by atoms with Gasteiger partial charge in [0.1, 0.15) is 24.1 Å². The number of rotatable bonds is 3. The summed E-state index contributed by atoms with van der Waals surface area (Å²) < 4.78 is 2.81. The second kappa shape index (κ2) is 5.66. The Balaban J connectivity index is 2.15. The lowest BCUT2D eigenvalue weighted by atomic mass is 9.96. The van der Waals surface area contributed by atoms with E-state index >= 15 is 0 Å². The van der Waals surface area contributed by atoms with Gasteiger partial charge in [-0.15, -0.1) is 11.8 Å². The van der Waals surface area contributed by atoms with Crippen LogP contribution >= 0.6 is 62.5 Å². The lowest BCUT2D eigenvalue weighted by molar-refractivity contribution is -0.162. The molecule has 4 atom stereocenters. The molecule has 0 spiro atoms. The quantitative estimate of drug-likeness (QED) is 0.422. The zero-order chi connectivity index (χ0) is 15.3. The van der Waals surface area contributed by atoms with Gasteiger partial charge >= 0.3 is 5.97 Å². The normalized spacial score (nSPS) is 36.6. The Morgan fingerprint density at radius 1 is 1.60 bits per heavy atom. The molecule has 0 aliphatic carbocycles. The van der Waals surface area contributed by atoms with Gasteiger partial charge in [0.25, 0.3) is 0 Å². The van der Waals surface area contributed by atoms with Gasteiger partial charge in [0.05, 0.1) is 4.75 Å². The largest absolute Gasteiger partial charge is 0.460 e. The smallest absolute Gasteiger partial charge is 0.330 e. The molecule has 0 aromatic heterocycles. The number of fused-ring (bicyclic) bond motifs is 1. The molecule has 20 heavy (non-hydrogen) atoms. The third-order valence-corrected chi connectivity index (χ3v) is 6.77. The zero-order valence-electron chi connectivity index (χ0n) is 10.3. The van der Waals surface area contributed by atoms with E-state index in [1.807, 2.05) is 6.92 Å². The summed E-state index contributed by atoms with van der Waals surface area (Å²) in [6, 6.07) is -1.32. The van der Waals surface area contributed by atoms with Crippen LogP contribution in [0.25, 0.3) is 0 Å². The molecule has 2 N–H and O–H groups in total. The molecule has 2 fully saturated rings. The van der Waals surface area contributed by atoms with Crippen molar-refractivity contribution >= 4 is 74.4 Å². The maximum absolute atomic E-state index is 12.2. The molecule has 3 unspecified atom stereocenters. The Morgan fingerprint density at radius 3 is 2.70 bits per heavy atom. The molecule has 0 radical (unpaired) electrons. The van der Waals surface area contributed by atoms with E-state index in [0.29, 0.717) is 5.33 Å². The third-order valence-electron chi connectivity index (χ3n) is 3.23. The molecule has 10 heteroatoms. The van der Waals surface area contributed by atoms with E-state index in [9.17, 15) is 9.59 Å². The van der Waals surface area contributed by atoms with Gasteiger partial charge in [-0.05, 0) is 6.92 Å². The highest BCUT2D eigenvalue weighted by Crippen LogP contribution is 2.51. The van der Waals surface area contributed by atoms with E-state index < -0.39 is 26.6 Å². The van der Waals surface area contributed by atoms with Gasteiger partial charge in [-0.1, -0.05) is 50.7 Å². The van der Waals surface area contributed by atoms with Crippen molar-refractivity contribution in [1.82, 2.24) is 4.90 Å². The highest BCUT2D eigenvalue weighted by atomic mass is 79.9. The Morgan fingerprint density at radius 2 is 2.20 bits per heavy atom. The first kappa shape index (κ1) is 17.0. The predicted molar refractivity (Wildman–Crippen MR) is 83.4 cm³/mol. The third kappa shape index (κ3) is 2.90. The van der Waals surface area contributed by atoms with Crippen molar-refractivity contribution in [2.24, 2.45) is 5.73 Å². The summed E-state index contributed by atoms with van der Waals surface area (Å²) in [4.78, 5) is 25.5. The summed E-state index contributed by atoms with van der Waals surface area (Å²) in [7, 11) is 0. The highest BCUT2D eigenvalue weighted by Gasteiger charge is 2.64. The fourth-order valence-electron chi connectivity index (χ4n) is 2.25. The van der Waals surface area contributed by atoms with E-state index in [0.717, 1.165) is 0 Å². The van der Waals surface area contributed by atoms with Crippen molar-refractivity contribution in [3.63, 3.8) is 0 Å². The minimum absolute atomic E-state index is 0.213. The van der Waals surface area contributed by atoms with Gasteiger partial charge in [0, 0.05) is 5.33 Å². The Labute approximate surface area is 143 Å². The highest BCUT2D eigenvalue weighted by molar-refractivity contribution is 9.09. The van der Waals surface area contributed by atoms with Crippen LogP contribution in [0.5, 0.6) is 0 Å². The van der Waals surface area contributed by atoms with Crippen LogP contribution in [-0.2, 0) is 14.3 Å². The number of thioether (sulfide) groups is 1. The maximum atomic E-state index is 12.2. The standard InChI is InChI=1S/C10H12BrCl3N2O3S/c1-9(2-11)5(8(18)19-3-10(12,13)14)16-6(17)4(15)7(16)20-9/h4-5,7H,2-3,15H2,1H3/t4?,5?,7-,9?/m1/s1. The van der Waals surface area contributed by atoms with Crippen LogP contribution in [0.3, 0.4) is 0 Å². The molecular formula is C10H12BrCl3N2O3S. The number of hydrogen-bond acceptors (Lipinski definition) is 5. The summed E-state index contributed by atoms with van der Waals surface area (Å²) in [5.74, 6) is -0.850. The van der Waals surface area contributed by atoms with E-state index in [-0.39, 0.29) is 17.9 Å². The van der Waals surface area contributed by atoms with Gasteiger partial charge in [-0.2, -0.15) is 0 Å². The van der Waals surface area contributed by atoms with Crippen molar-refractivity contribution in [1.29, 1.82) is 0 Å². The van der Waals surface area contributed by atoms with Crippen molar-refractivity contribution in [3.05, 3.63) is 0 Å².